The molecule has 0 radical (unpaired) electrons. The van der Waals surface area contributed by atoms with Gasteiger partial charge in [0.15, 0.2) is 5.84 Å². The van der Waals surface area contributed by atoms with Gasteiger partial charge >= 0.3 is 0 Å². The number of hydrogen-bond acceptors (Lipinski definition) is 2. The zero-order valence-electron chi connectivity index (χ0n) is 11.4. The minimum absolute atomic E-state index is 0.166. The summed E-state index contributed by atoms with van der Waals surface area (Å²) >= 11 is 0. The number of hydrogen-bond donors (Lipinski definition) is 2. The topological polar surface area (TPSA) is 63.5 Å². The van der Waals surface area contributed by atoms with E-state index in [4.69, 9.17) is 10.9 Å². The SMILES string of the molecule is N/C(=N/O)c1cccn1CC1CCCc2ccccc21. The monoisotopic (exact) mass is 269 g/mol. The zero-order valence-corrected chi connectivity index (χ0v) is 11.4. The molecular weight excluding hydrogens is 250 g/mol. The van der Waals surface area contributed by atoms with Gasteiger partial charge in [-0.2, -0.15) is 0 Å². The summed E-state index contributed by atoms with van der Waals surface area (Å²) in [4.78, 5) is 0. The highest BCUT2D eigenvalue weighted by molar-refractivity contribution is 5.95. The van der Waals surface area contributed by atoms with Crippen LogP contribution in [0.4, 0.5) is 0 Å². The van der Waals surface area contributed by atoms with E-state index in [1.807, 2.05) is 18.3 Å². The van der Waals surface area contributed by atoms with Gasteiger partial charge < -0.3 is 15.5 Å². The molecule has 3 rings (SSSR count). The molecule has 1 atom stereocenters. The molecule has 0 saturated carbocycles. The maximum atomic E-state index is 8.84. The number of nitrogens with zero attached hydrogens (tertiary/aromatic N) is 2. The summed E-state index contributed by atoms with van der Waals surface area (Å²) in [5, 5.41) is 11.9. The quantitative estimate of drug-likeness (QED) is 0.389. The second kappa shape index (κ2) is 5.41. The van der Waals surface area contributed by atoms with Gasteiger partial charge in [0.05, 0.1) is 5.69 Å². The number of benzene rings is 1. The summed E-state index contributed by atoms with van der Waals surface area (Å²) in [5.74, 6) is 0.664. The van der Waals surface area contributed by atoms with Crippen LogP contribution in [-0.2, 0) is 13.0 Å². The molecule has 1 aromatic carbocycles. The zero-order chi connectivity index (χ0) is 13.9. The van der Waals surface area contributed by atoms with Crippen LogP contribution in [0.25, 0.3) is 0 Å². The fourth-order valence-electron chi connectivity index (χ4n) is 3.14. The van der Waals surface area contributed by atoms with Gasteiger partial charge in [0.25, 0.3) is 0 Å². The first kappa shape index (κ1) is 12.8. The number of amidine groups is 1. The minimum atomic E-state index is 0.166. The second-order valence-electron chi connectivity index (χ2n) is 5.32. The van der Waals surface area contributed by atoms with E-state index in [-0.39, 0.29) is 5.84 Å². The Labute approximate surface area is 118 Å². The lowest BCUT2D eigenvalue weighted by Gasteiger charge is -2.26. The number of aryl methyl sites for hydroxylation is 1. The molecule has 0 bridgehead atoms. The van der Waals surface area contributed by atoms with Crippen LogP contribution in [-0.4, -0.2) is 15.6 Å². The van der Waals surface area contributed by atoms with Gasteiger partial charge in [0, 0.05) is 18.7 Å². The van der Waals surface area contributed by atoms with Crippen molar-refractivity contribution in [3.63, 3.8) is 0 Å². The molecule has 0 aliphatic heterocycles. The molecule has 4 nitrogen and oxygen atoms in total. The Morgan fingerprint density at radius 3 is 3.00 bits per heavy atom. The predicted molar refractivity (Wildman–Crippen MR) is 79.1 cm³/mol. The van der Waals surface area contributed by atoms with Gasteiger partial charge in [-0.1, -0.05) is 29.4 Å². The minimum Gasteiger partial charge on any atom is -0.409 e. The van der Waals surface area contributed by atoms with Gasteiger partial charge in [-0.05, 0) is 42.5 Å². The van der Waals surface area contributed by atoms with E-state index in [9.17, 15) is 0 Å². The lowest BCUT2D eigenvalue weighted by molar-refractivity contribution is 0.318. The fraction of sp³-hybridized carbons (Fsp3) is 0.312. The molecule has 0 saturated heterocycles. The molecule has 0 amide bonds. The third-order valence-electron chi connectivity index (χ3n) is 4.11. The average molecular weight is 269 g/mol. The van der Waals surface area contributed by atoms with Gasteiger partial charge in [-0.15, -0.1) is 0 Å². The molecule has 3 N–H and O–H groups in total. The van der Waals surface area contributed by atoms with Crippen LogP contribution >= 0.6 is 0 Å². The smallest absolute Gasteiger partial charge is 0.186 e. The van der Waals surface area contributed by atoms with Crippen LogP contribution in [0, 0.1) is 0 Å². The summed E-state index contributed by atoms with van der Waals surface area (Å²) in [6.45, 7) is 0.871. The predicted octanol–water partition coefficient (Wildman–Crippen LogP) is 2.70. The molecule has 1 aliphatic rings. The van der Waals surface area contributed by atoms with E-state index < -0.39 is 0 Å². The van der Waals surface area contributed by atoms with Crippen molar-refractivity contribution in [2.45, 2.75) is 31.7 Å². The van der Waals surface area contributed by atoms with Crippen molar-refractivity contribution in [2.75, 3.05) is 0 Å². The van der Waals surface area contributed by atoms with Crippen LogP contribution < -0.4 is 5.73 Å². The van der Waals surface area contributed by atoms with Crippen LogP contribution in [0.3, 0.4) is 0 Å². The van der Waals surface area contributed by atoms with E-state index in [1.54, 1.807) is 0 Å². The largest absolute Gasteiger partial charge is 0.409 e. The highest BCUT2D eigenvalue weighted by Gasteiger charge is 2.21. The lowest BCUT2D eigenvalue weighted by Crippen LogP contribution is -2.21. The molecule has 0 fully saturated rings. The molecule has 2 aromatic rings. The first-order valence-corrected chi connectivity index (χ1v) is 7.00. The van der Waals surface area contributed by atoms with Crippen molar-refractivity contribution in [2.24, 2.45) is 10.9 Å². The van der Waals surface area contributed by atoms with Crippen LogP contribution in [0.1, 0.15) is 35.6 Å². The van der Waals surface area contributed by atoms with Crippen LogP contribution in [0.5, 0.6) is 0 Å². The Hall–Kier alpha value is -2.23. The molecule has 4 heteroatoms. The maximum Gasteiger partial charge on any atom is 0.186 e. The van der Waals surface area contributed by atoms with E-state index in [0.717, 1.165) is 12.2 Å². The fourth-order valence-corrected chi connectivity index (χ4v) is 3.14. The van der Waals surface area contributed by atoms with Crippen molar-refractivity contribution in [1.82, 2.24) is 4.57 Å². The van der Waals surface area contributed by atoms with Crippen molar-refractivity contribution >= 4 is 5.84 Å². The van der Waals surface area contributed by atoms with E-state index in [0.29, 0.717) is 5.92 Å². The summed E-state index contributed by atoms with van der Waals surface area (Å²) in [6, 6.07) is 12.5. The highest BCUT2D eigenvalue weighted by atomic mass is 16.4. The Morgan fingerprint density at radius 1 is 1.30 bits per heavy atom. The third kappa shape index (κ3) is 2.29. The lowest BCUT2D eigenvalue weighted by atomic mass is 9.83. The summed E-state index contributed by atoms with van der Waals surface area (Å²) in [6.07, 6.45) is 5.57. The number of oxime groups is 1. The first-order chi connectivity index (χ1) is 9.79. The second-order valence-corrected chi connectivity index (χ2v) is 5.32. The maximum absolute atomic E-state index is 8.84. The Balaban J connectivity index is 1.88. The Kier molecular flexibility index (Phi) is 3.46. The van der Waals surface area contributed by atoms with Crippen molar-refractivity contribution in [1.29, 1.82) is 0 Å². The molecule has 1 aromatic heterocycles. The van der Waals surface area contributed by atoms with E-state index in [2.05, 4.69) is 34.0 Å². The normalized spacial score (nSPS) is 18.8. The van der Waals surface area contributed by atoms with Crippen LogP contribution in [0.2, 0.25) is 0 Å². The molecule has 104 valence electrons. The molecule has 1 aliphatic carbocycles. The summed E-state index contributed by atoms with van der Waals surface area (Å²) in [7, 11) is 0. The molecular formula is C16H19N3O. The van der Waals surface area contributed by atoms with Crippen molar-refractivity contribution in [3.8, 4) is 0 Å². The summed E-state index contributed by atoms with van der Waals surface area (Å²) in [5.41, 5.74) is 9.39. The van der Waals surface area contributed by atoms with Crippen LogP contribution in [0.15, 0.2) is 47.8 Å². The van der Waals surface area contributed by atoms with Gasteiger partial charge in [-0.25, -0.2) is 0 Å². The van der Waals surface area contributed by atoms with Gasteiger partial charge in [0.1, 0.15) is 0 Å². The average Bonchev–Trinajstić information content (AvgIpc) is 2.95. The number of rotatable bonds is 3. The Morgan fingerprint density at radius 2 is 2.15 bits per heavy atom. The van der Waals surface area contributed by atoms with Crippen molar-refractivity contribution < 1.29 is 5.21 Å². The molecule has 0 spiro atoms. The first-order valence-electron chi connectivity index (χ1n) is 7.00. The molecule has 1 heterocycles. The van der Waals surface area contributed by atoms with Crippen molar-refractivity contribution in [3.05, 3.63) is 59.4 Å². The molecule has 20 heavy (non-hydrogen) atoms. The van der Waals surface area contributed by atoms with E-state index >= 15 is 0 Å². The van der Waals surface area contributed by atoms with E-state index in [1.165, 1.54) is 30.4 Å². The standard InChI is InChI=1S/C16H19N3O/c17-16(18-20)15-9-4-10-19(15)11-13-7-3-6-12-5-1-2-8-14(12)13/h1-2,4-5,8-10,13,20H,3,6-7,11H2,(H2,17,18). The third-order valence-corrected chi connectivity index (χ3v) is 4.11. The molecule has 1 unspecified atom stereocenters. The highest BCUT2D eigenvalue weighted by Crippen LogP contribution is 2.32. The van der Waals surface area contributed by atoms with Gasteiger partial charge in [0.2, 0.25) is 0 Å². The summed E-state index contributed by atoms with van der Waals surface area (Å²) < 4.78 is 2.07. The number of nitrogens with two attached hydrogens (primary N) is 1. The Bertz CT molecular complexity index is 630. The number of fused-ring (bicyclic) bond motifs is 1. The van der Waals surface area contributed by atoms with Gasteiger partial charge in [-0.3, -0.25) is 0 Å². The number of aromatic nitrogens is 1.